The summed E-state index contributed by atoms with van der Waals surface area (Å²) >= 11 is 1.60. The fourth-order valence-electron chi connectivity index (χ4n) is 9.48. The Morgan fingerprint density at radius 1 is 0.838 bits per heavy atom. The van der Waals surface area contributed by atoms with Crippen LogP contribution in [0.25, 0.3) is 21.7 Å². The first-order valence-corrected chi connectivity index (χ1v) is 26.6. The van der Waals surface area contributed by atoms with Crippen LogP contribution in [0.5, 0.6) is 0 Å². The number of nitrogens with zero attached hydrogens (tertiary/aromatic N) is 7. The number of piperazine rings is 1. The van der Waals surface area contributed by atoms with Crippen LogP contribution in [0.2, 0.25) is 0 Å². The van der Waals surface area contributed by atoms with Crippen molar-refractivity contribution in [3.8, 4) is 21.7 Å². The van der Waals surface area contributed by atoms with Gasteiger partial charge >= 0.3 is 0 Å². The molecule has 0 spiro atoms. The highest BCUT2D eigenvalue weighted by molar-refractivity contribution is 7.13. The number of likely N-dealkylation sites (tertiary alicyclic amines) is 1. The van der Waals surface area contributed by atoms with E-state index in [-0.39, 0.29) is 36.6 Å². The molecule has 2 fully saturated rings. The van der Waals surface area contributed by atoms with Gasteiger partial charge in [-0.15, -0.1) is 11.3 Å². The largest absolute Gasteiger partial charge is 0.391 e. The van der Waals surface area contributed by atoms with Crippen molar-refractivity contribution in [1.29, 1.82) is 0 Å². The summed E-state index contributed by atoms with van der Waals surface area (Å²) in [5, 5.41) is 23.4. The molecule has 0 aliphatic carbocycles. The van der Waals surface area contributed by atoms with Crippen molar-refractivity contribution >= 4 is 52.3 Å². The lowest BCUT2D eigenvalue weighted by Crippen LogP contribution is -2.56. The first-order chi connectivity index (χ1) is 35.7. The molecular weight excluding hydrogens is 951 g/mol. The van der Waals surface area contributed by atoms with Crippen LogP contribution in [0.1, 0.15) is 92.0 Å². The number of amides is 4. The molecule has 2 aliphatic heterocycles. The van der Waals surface area contributed by atoms with Crippen LogP contribution in [0.15, 0.2) is 109 Å². The van der Waals surface area contributed by atoms with E-state index >= 15 is 0 Å². The van der Waals surface area contributed by atoms with Gasteiger partial charge in [0.15, 0.2) is 0 Å². The zero-order valence-corrected chi connectivity index (χ0v) is 44.0. The molecule has 2 unspecified atom stereocenters. The van der Waals surface area contributed by atoms with Crippen LogP contribution < -0.4 is 21.3 Å². The van der Waals surface area contributed by atoms with E-state index in [9.17, 15) is 24.3 Å². The fourth-order valence-corrected chi connectivity index (χ4v) is 10.3. The lowest BCUT2D eigenvalue weighted by atomic mass is 9.85. The summed E-state index contributed by atoms with van der Waals surface area (Å²) in [6.07, 6.45) is 8.59. The Kier molecular flexibility index (Phi) is 17.9. The lowest BCUT2D eigenvalue weighted by molar-refractivity contribution is -0.142. The number of aliphatic hydroxyl groups excluding tert-OH is 1. The van der Waals surface area contributed by atoms with Gasteiger partial charge in [-0.25, -0.2) is 15.0 Å². The molecule has 6 aromatic rings. The van der Waals surface area contributed by atoms with E-state index in [4.69, 9.17) is 0 Å². The van der Waals surface area contributed by atoms with Gasteiger partial charge < -0.3 is 36.2 Å². The Labute approximate surface area is 438 Å². The predicted molar refractivity (Wildman–Crippen MR) is 291 cm³/mol. The van der Waals surface area contributed by atoms with E-state index in [1.807, 2.05) is 130 Å². The zero-order chi connectivity index (χ0) is 52.2. The maximum Gasteiger partial charge on any atom is 0.255 e. The van der Waals surface area contributed by atoms with Gasteiger partial charge in [-0.1, -0.05) is 76.1 Å². The highest BCUT2D eigenvalue weighted by Gasteiger charge is 2.43. The van der Waals surface area contributed by atoms with Crippen molar-refractivity contribution in [2.24, 2.45) is 5.41 Å². The number of nitrogens with one attached hydrogen (secondary N) is 4. The molecule has 5 heterocycles. The Morgan fingerprint density at radius 2 is 1.59 bits per heavy atom. The Balaban J connectivity index is 0.712. The van der Waals surface area contributed by atoms with Crippen LogP contribution in [0.3, 0.4) is 0 Å². The molecule has 2 saturated heterocycles. The summed E-state index contributed by atoms with van der Waals surface area (Å²) in [6.45, 7) is 14.7. The number of β-amino-alcohol motifs (C(OH)–C–C–N with tert-alkyl or cyclic N) is 1. The lowest BCUT2D eigenvalue weighted by Gasteiger charge is -2.35. The maximum atomic E-state index is 14.1. The van der Waals surface area contributed by atoms with Crippen molar-refractivity contribution in [2.75, 3.05) is 49.9 Å². The van der Waals surface area contributed by atoms with Gasteiger partial charge in [-0.05, 0) is 103 Å². The fraction of sp³-hybridized carbons (Fsp3) is 0.404. The average molecular weight is 1020 g/mol. The van der Waals surface area contributed by atoms with Gasteiger partial charge in [-0.3, -0.25) is 29.1 Å². The first kappa shape index (κ1) is 53.4. The Hall–Kier alpha value is -6.92. The van der Waals surface area contributed by atoms with Gasteiger partial charge in [0.05, 0.1) is 33.9 Å². The van der Waals surface area contributed by atoms with E-state index in [2.05, 4.69) is 46.1 Å². The molecule has 3 atom stereocenters. The number of aliphatic hydroxyl groups is 1. The van der Waals surface area contributed by atoms with Gasteiger partial charge in [0.1, 0.15) is 6.04 Å². The van der Waals surface area contributed by atoms with Crippen LogP contribution in [0, 0.1) is 19.3 Å². The number of aryl methyl sites for hydroxylation is 2. The molecule has 8 rings (SSSR count). The van der Waals surface area contributed by atoms with Crippen molar-refractivity contribution in [3.63, 3.8) is 0 Å². The van der Waals surface area contributed by atoms with Gasteiger partial charge in [0.2, 0.25) is 23.7 Å². The number of anilines is 3. The molecule has 3 aromatic heterocycles. The third-order valence-corrected chi connectivity index (χ3v) is 14.8. The number of pyridine rings is 1. The van der Waals surface area contributed by atoms with Crippen molar-refractivity contribution in [3.05, 3.63) is 137 Å². The first-order valence-electron chi connectivity index (χ1n) is 25.7. The number of benzene rings is 3. The number of thiazole rings is 1. The third-order valence-electron chi connectivity index (χ3n) is 13.8. The minimum atomic E-state index is -0.771. The molecule has 74 heavy (non-hydrogen) atoms. The second kappa shape index (κ2) is 24.9. The molecule has 388 valence electrons. The van der Waals surface area contributed by atoms with Gasteiger partial charge in [0.25, 0.3) is 5.91 Å². The normalized spacial score (nSPS) is 16.5. The van der Waals surface area contributed by atoms with E-state index in [0.717, 1.165) is 95.1 Å². The Morgan fingerprint density at radius 3 is 2.31 bits per heavy atom. The molecule has 16 nitrogen and oxygen atoms in total. The molecule has 3 aromatic carbocycles. The summed E-state index contributed by atoms with van der Waals surface area (Å²) < 4.78 is 0. The smallest absolute Gasteiger partial charge is 0.255 e. The van der Waals surface area contributed by atoms with Gasteiger partial charge in [0, 0.05) is 99.7 Å². The van der Waals surface area contributed by atoms with Crippen molar-refractivity contribution < 1.29 is 24.3 Å². The average Bonchev–Trinajstić information content (AvgIpc) is 4.02. The topological polar surface area (TPSA) is 198 Å². The molecule has 2 aliphatic rings. The summed E-state index contributed by atoms with van der Waals surface area (Å²) in [4.78, 5) is 78.6. The maximum absolute atomic E-state index is 14.1. The molecule has 5 N–H and O–H groups in total. The van der Waals surface area contributed by atoms with E-state index in [0.29, 0.717) is 49.8 Å². The summed E-state index contributed by atoms with van der Waals surface area (Å²) in [6, 6.07) is 25.7. The molecule has 0 saturated carbocycles. The molecule has 0 bridgehead atoms. The van der Waals surface area contributed by atoms with Crippen LogP contribution in [-0.4, -0.2) is 121 Å². The number of hydrogen-bond acceptors (Lipinski definition) is 13. The van der Waals surface area contributed by atoms with Crippen molar-refractivity contribution in [1.82, 2.24) is 45.3 Å². The minimum Gasteiger partial charge on any atom is -0.391 e. The van der Waals surface area contributed by atoms with Crippen molar-refractivity contribution in [2.45, 2.75) is 104 Å². The summed E-state index contributed by atoms with van der Waals surface area (Å²) in [7, 11) is 0. The minimum absolute atomic E-state index is 0.118. The SMILES string of the molecule is Cc1ccc(NC(=O)c2ccc(CN3CCN(C(=O)CCCCCCN[C@H](C(=O)N4CC(O)CC4C(=O)NCc4ccc(-c5scnc5C)cc4)C(C)(C)C)CC3)cc2)cc1Nc1nccc(-c2cccnc2)n1. The number of aromatic nitrogens is 4. The highest BCUT2D eigenvalue weighted by atomic mass is 32.1. The molecular formula is C57H69N11O5S. The van der Waals surface area contributed by atoms with E-state index in [1.165, 1.54) is 0 Å². The number of unbranched alkanes of at least 4 members (excludes halogenated alkanes) is 3. The second-order valence-electron chi connectivity index (χ2n) is 20.5. The van der Waals surface area contributed by atoms with Crippen LogP contribution in [0.4, 0.5) is 17.3 Å². The van der Waals surface area contributed by atoms with Gasteiger partial charge in [-0.2, -0.15) is 0 Å². The third kappa shape index (κ3) is 14.2. The quantitative estimate of drug-likeness (QED) is 0.0461. The highest BCUT2D eigenvalue weighted by Crippen LogP contribution is 2.29. The van der Waals surface area contributed by atoms with Crippen LogP contribution in [-0.2, 0) is 27.5 Å². The van der Waals surface area contributed by atoms with Crippen LogP contribution >= 0.6 is 11.3 Å². The summed E-state index contributed by atoms with van der Waals surface area (Å²) in [5.41, 5.74) is 10.1. The van der Waals surface area contributed by atoms with E-state index in [1.54, 1.807) is 34.8 Å². The molecule has 0 radical (unpaired) electrons. The number of carbonyl (C=O) groups excluding carboxylic acids is 4. The summed E-state index contributed by atoms with van der Waals surface area (Å²) in [5.74, 6) is -0.0331. The molecule has 4 amide bonds. The monoisotopic (exact) mass is 1020 g/mol. The second-order valence-corrected chi connectivity index (χ2v) is 21.3. The number of rotatable bonds is 20. The molecule has 17 heteroatoms. The number of hydrogen-bond donors (Lipinski definition) is 5. The zero-order valence-electron chi connectivity index (χ0n) is 43.1. The Bertz CT molecular complexity index is 2850. The van der Waals surface area contributed by atoms with E-state index < -0.39 is 23.6 Å². The predicted octanol–water partition coefficient (Wildman–Crippen LogP) is 8.15. The number of carbonyl (C=O) groups is 4. The standard InChI is InChI=1S/C57H69N11O5S/c1-38-13-22-45(31-48(38)65-56-60-26-23-47(64-56)44-11-10-24-58-34-44)63-53(71)43-20-16-41(17-21-43)35-66-27-29-67(30-28-66)50(70)12-8-6-7-9-25-59-52(57(3,4)5)55(73)68-36-46(69)32-49(68)54(72)61-33-40-14-18-42(19-15-40)51-39(2)62-37-74-51/h10-11,13-24,26,31,34,37,46,49,52,59,69H,6-9,12,25,27-30,32-33,35-36H2,1-5H3,(H,61,72)(H,63,71)(H,60,64,65)/t46?,49?,52-/m1/s1.